The highest BCUT2D eigenvalue weighted by molar-refractivity contribution is 7.18. The Labute approximate surface area is 143 Å². The molecule has 5 heteroatoms. The van der Waals surface area contributed by atoms with Gasteiger partial charge in [-0.05, 0) is 36.2 Å². The summed E-state index contributed by atoms with van der Waals surface area (Å²) in [6.45, 7) is 2.05. The van der Waals surface area contributed by atoms with Crippen LogP contribution in [-0.4, -0.2) is 20.6 Å². The van der Waals surface area contributed by atoms with Crippen molar-refractivity contribution in [3.05, 3.63) is 64.8 Å². The Morgan fingerprint density at radius 2 is 2.08 bits per heavy atom. The highest BCUT2D eigenvalue weighted by atomic mass is 32.1. The molecule has 1 N–H and O–H groups in total. The number of aliphatic carboxylic acids is 1. The third-order valence-electron chi connectivity index (χ3n) is 4.11. The number of aromatic nitrogens is 2. The molecule has 0 amide bonds. The van der Waals surface area contributed by atoms with Crippen molar-refractivity contribution >= 4 is 38.4 Å². The number of para-hydroxylation sites is 1. The van der Waals surface area contributed by atoms with Crippen LogP contribution in [-0.2, 0) is 17.8 Å². The number of carboxylic acid groups (broad SMARTS) is 1. The smallest absolute Gasteiger partial charge is 0.323 e. The molecule has 24 heavy (non-hydrogen) atoms. The fraction of sp³-hybridized carbons (Fsp3) is 0.158. The van der Waals surface area contributed by atoms with Gasteiger partial charge < -0.3 is 9.67 Å². The van der Waals surface area contributed by atoms with Gasteiger partial charge in [0.05, 0.1) is 15.2 Å². The summed E-state index contributed by atoms with van der Waals surface area (Å²) in [5.41, 5.74) is 4.32. The molecule has 0 aliphatic heterocycles. The van der Waals surface area contributed by atoms with Gasteiger partial charge in [0.15, 0.2) is 0 Å². The molecule has 0 spiro atoms. The standard InChI is InChI=1S/C19H16N2O2S/c1-12-6-7-15-17(8-12)24-18(20-15)9-13-10-21(11-19(22)23)16-5-3-2-4-14(13)16/h2-8,10H,9,11H2,1H3,(H,22,23). The number of nitrogens with zero attached hydrogens (tertiary/aromatic N) is 2. The molecule has 0 aliphatic carbocycles. The zero-order valence-electron chi connectivity index (χ0n) is 13.2. The number of fused-ring (bicyclic) bond motifs is 2. The van der Waals surface area contributed by atoms with Crippen molar-refractivity contribution in [2.45, 2.75) is 19.9 Å². The lowest BCUT2D eigenvalue weighted by atomic mass is 10.1. The first kappa shape index (κ1) is 14.9. The number of benzene rings is 2. The molecule has 0 radical (unpaired) electrons. The Balaban J connectivity index is 1.76. The van der Waals surface area contributed by atoms with Gasteiger partial charge in [-0.2, -0.15) is 0 Å². The minimum absolute atomic E-state index is 0.0282. The van der Waals surface area contributed by atoms with Gasteiger partial charge in [-0.15, -0.1) is 11.3 Å². The van der Waals surface area contributed by atoms with Crippen molar-refractivity contribution in [3.8, 4) is 0 Å². The molecule has 0 atom stereocenters. The number of aryl methyl sites for hydroxylation is 1. The van der Waals surface area contributed by atoms with Crippen LogP contribution >= 0.6 is 11.3 Å². The molecule has 0 unspecified atom stereocenters. The van der Waals surface area contributed by atoms with Gasteiger partial charge in [0.2, 0.25) is 0 Å². The van der Waals surface area contributed by atoms with Gasteiger partial charge in [-0.1, -0.05) is 24.3 Å². The lowest BCUT2D eigenvalue weighted by Crippen LogP contribution is -2.07. The first-order valence-corrected chi connectivity index (χ1v) is 8.56. The quantitative estimate of drug-likeness (QED) is 0.606. The lowest BCUT2D eigenvalue weighted by Gasteiger charge is -1.99. The number of hydrogen-bond acceptors (Lipinski definition) is 3. The summed E-state index contributed by atoms with van der Waals surface area (Å²) in [5, 5.41) is 11.3. The van der Waals surface area contributed by atoms with E-state index in [1.807, 2.05) is 30.5 Å². The third kappa shape index (κ3) is 2.67. The van der Waals surface area contributed by atoms with E-state index in [0.717, 1.165) is 27.0 Å². The van der Waals surface area contributed by atoms with Crippen molar-refractivity contribution in [1.82, 2.24) is 9.55 Å². The first-order valence-electron chi connectivity index (χ1n) is 7.75. The molecule has 120 valence electrons. The zero-order chi connectivity index (χ0) is 16.7. The molecule has 4 aromatic rings. The van der Waals surface area contributed by atoms with E-state index in [1.165, 1.54) is 10.3 Å². The van der Waals surface area contributed by atoms with Crippen LogP contribution in [0.15, 0.2) is 48.7 Å². The molecule has 2 heterocycles. The summed E-state index contributed by atoms with van der Waals surface area (Å²) in [5.74, 6) is -0.835. The summed E-state index contributed by atoms with van der Waals surface area (Å²) in [4.78, 5) is 15.8. The fourth-order valence-electron chi connectivity index (χ4n) is 3.06. The van der Waals surface area contributed by atoms with E-state index < -0.39 is 5.97 Å². The van der Waals surface area contributed by atoms with Gasteiger partial charge in [-0.25, -0.2) is 4.98 Å². The van der Waals surface area contributed by atoms with Crippen LogP contribution in [0.5, 0.6) is 0 Å². The van der Waals surface area contributed by atoms with Gasteiger partial charge in [0.1, 0.15) is 6.54 Å². The van der Waals surface area contributed by atoms with Crippen LogP contribution in [0.1, 0.15) is 16.1 Å². The van der Waals surface area contributed by atoms with E-state index in [0.29, 0.717) is 6.42 Å². The second kappa shape index (κ2) is 5.76. The number of thiazole rings is 1. The van der Waals surface area contributed by atoms with Gasteiger partial charge in [-0.3, -0.25) is 4.79 Å². The van der Waals surface area contributed by atoms with Crippen LogP contribution < -0.4 is 0 Å². The summed E-state index contributed by atoms with van der Waals surface area (Å²) >= 11 is 1.70. The van der Waals surface area contributed by atoms with E-state index in [-0.39, 0.29) is 6.54 Å². The Kier molecular flexibility index (Phi) is 3.58. The molecular formula is C19H16N2O2S. The normalized spacial score (nSPS) is 11.4. The molecule has 2 aromatic heterocycles. The van der Waals surface area contributed by atoms with E-state index in [4.69, 9.17) is 10.1 Å². The highest BCUT2D eigenvalue weighted by Crippen LogP contribution is 2.28. The molecular weight excluding hydrogens is 320 g/mol. The second-order valence-corrected chi connectivity index (χ2v) is 7.06. The third-order valence-corrected chi connectivity index (χ3v) is 5.12. The SMILES string of the molecule is Cc1ccc2nc(Cc3cn(CC(=O)O)c4ccccc34)sc2c1. The van der Waals surface area contributed by atoms with Crippen molar-refractivity contribution in [3.63, 3.8) is 0 Å². The summed E-state index contributed by atoms with van der Waals surface area (Å²) in [6.07, 6.45) is 2.65. The molecule has 4 nitrogen and oxygen atoms in total. The van der Waals surface area contributed by atoms with Crippen LogP contribution in [0.2, 0.25) is 0 Å². The highest BCUT2D eigenvalue weighted by Gasteiger charge is 2.13. The maximum atomic E-state index is 11.1. The summed E-state index contributed by atoms with van der Waals surface area (Å²) in [7, 11) is 0. The number of carbonyl (C=O) groups is 1. The van der Waals surface area contributed by atoms with Gasteiger partial charge in [0.25, 0.3) is 0 Å². The van der Waals surface area contributed by atoms with Crippen molar-refractivity contribution < 1.29 is 9.90 Å². The van der Waals surface area contributed by atoms with Gasteiger partial charge in [0, 0.05) is 23.5 Å². The topological polar surface area (TPSA) is 55.1 Å². The Bertz CT molecular complexity index is 1060. The van der Waals surface area contributed by atoms with Gasteiger partial charge >= 0.3 is 5.97 Å². The molecule has 0 aliphatic rings. The number of carboxylic acids is 1. The Morgan fingerprint density at radius 1 is 1.25 bits per heavy atom. The molecule has 0 saturated heterocycles. The summed E-state index contributed by atoms with van der Waals surface area (Å²) in [6, 6.07) is 14.2. The van der Waals surface area contributed by atoms with E-state index >= 15 is 0 Å². The van der Waals surface area contributed by atoms with Crippen LogP contribution in [0.4, 0.5) is 0 Å². The number of hydrogen-bond donors (Lipinski definition) is 1. The molecule has 0 fully saturated rings. The van der Waals surface area contributed by atoms with Crippen molar-refractivity contribution in [1.29, 1.82) is 0 Å². The van der Waals surface area contributed by atoms with Crippen molar-refractivity contribution in [2.75, 3.05) is 0 Å². The molecule has 0 saturated carbocycles. The average molecular weight is 336 g/mol. The van der Waals surface area contributed by atoms with E-state index in [2.05, 4.69) is 25.1 Å². The summed E-state index contributed by atoms with van der Waals surface area (Å²) < 4.78 is 2.99. The van der Waals surface area contributed by atoms with Crippen LogP contribution in [0.3, 0.4) is 0 Å². The van der Waals surface area contributed by atoms with Crippen LogP contribution in [0, 0.1) is 6.92 Å². The molecule has 2 aromatic carbocycles. The lowest BCUT2D eigenvalue weighted by molar-refractivity contribution is -0.137. The monoisotopic (exact) mass is 336 g/mol. The number of rotatable bonds is 4. The average Bonchev–Trinajstić information content (AvgIpc) is 3.09. The fourth-order valence-corrected chi connectivity index (χ4v) is 4.15. The zero-order valence-corrected chi connectivity index (χ0v) is 14.0. The second-order valence-electron chi connectivity index (χ2n) is 5.95. The minimum atomic E-state index is -0.835. The maximum Gasteiger partial charge on any atom is 0.323 e. The predicted molar refractivity (Wildman–Crippen MR) is 96.7 cm³/mol. The Hall–Kier alpha value is -2.66. The predicted octanol–water partition coefficient (Wildman–Crippen LogP) is 4.23. The van der Waals surface area contributed by atoms with E-state index in [1.54, 1.807) is 15.9 Å². The maximum absolute atomic E-state index is 11.1. The van der Waals surface area contributed by atoms with E-state index in [9.17, 15) is 4.79 Å². The molecule has 0 bridgehead atoms. The Morgan fingerprint density at radius 3 is 2.92 bits per heavy atom. The minimum Gasteiger partial charge on any atom is -0.480 e. The van der Waals surface area contributed by atoms with Crippen molar-refractivity contribution in [2.24, 2.45) is 0 Å². The first-order chi connectivity index (χ1) is 11.6. The van der Waals surface area contributed by atoms with Crippen LogP contribution in [0.25, 0.3) is 21.1 Å². The molecule has 4 rings (SSSR count). The largest absolute Gasteiger partial charge is 0.480 e.